The maximum Gasteiger partial charge on any atom is 0.227 e. The van der Waals surface area contributed by atoms with E-state index in [1.54, 1.807) is 7.11 Å². The minimum absolute atomic E-state index is 0.107. The zero-order valence-electron chi connectivity index (χ0n) is 13.4. The van der Waals surface area contributed by atoms with E-state index < -0.39 is 0 Å². The lowest BCUT2D eigenvalue weighted by Crippen LogP contribution is -2.43. The van der Waals surface area contributed by atoms with Gasteiger partial charge in [-0.3, -0.25) is 4.79 Å². The maximum absolute atomic E-state index is 12.6. The fraction of sp³-hybridized carbons (Fsp3) is 0.588. The van der Waals surface area contributed by atoms with Gasteiger partial charge in [0.2, 0.25) is 5.91 Å². The minimum atomic E-state index is 0.107. The van der Waals surface area contributed by atoms with Crippen molar-refractivity contribution in [2.24, 2.45) is 5.92 Å². The van der Waals surface area contributed by atoms with Crippen molar-refractivity contribution in [3.63, 3.8) is 0 Å². The van der Waals surface area contributed by atoms with Gasteiger partial charge in [0, 0.05) is 19.1 Å². The Labute approximate surface area is 127 Å². The van der Waals surface area contributed by atoms with Gasteiger partial charge in [-0.05, 0) is 44.9 Å². The zero-order valence-corrected chi connectivity index (χ0v) is 13.4. The van der Waals surface area contributed by atoms with E-state index in [1.807, 2.05) is 30.1 Å². The van der Waals surface area contributed by atoms with Crippen molar-refractivity contribution < 1.29 is 9.53 Å². The summed E-state index contributed by atoms with van der Waals surface area (Å²) < 4.78 is 5.39. The number of carbonyl (C=O) groups excluding carboxylic acids is 1. The van der Waals surface area contributed by atoms with Gasteiger partial charge in [-0.1, -0.05) is 18.2 Å². The zero-order chi connectivity index (χ0) is 15.4. The average molecular weight is 290 g/mol. The quantitative estimate of drug-likeness (QED) is 0.903. The number of benzene rings is 1. The van der Waals surface area contributed by atoms with E-state index in [4.69, 9.17) is 4.74 Å². The Morgan fingerprint density at radius 1 is 1.48 bits per heavy atom. The third-order valence-corrected chi connectivity index (χ3v) is 4.56. The molecule has 3 unspecified atom stereocenters. The van der Waals surface area contributed by atoms with E-state index in [-0.39, 0.29) is 23.9 Å². The van der Waals surface area contributed by atoms with E-state index >= 15 is 0 Å². The highest BCUT2D eigenvalue weighted by Gasteiger charge is 2.32. The molecular formula is C17H26N2O2. The van der Waals surface area contributed by atoms with E-state index in [1.165, 1.54) is 0 Å². The second-order valence-electron chi connectivity index (χ2n) is 5.95. The molecule has 0 bridgehead atoms. The molecule has 21 heavy (non-hydrogen) atoms. The number of likely N-dealkylation sites (N-methyl/N-ethyl adjacent to an activating group) is 1. The highest BCUT2D eigenvalue weighted by molar-refractivity contribution is 5.80. The number of rotatable bonds is 5. The van der Waals surface area contributed by atoms with Gasteiger partial charge in [0.05, 0.1) is 13.0 Å². The summed E-state index contributed by atoms with van der Waals surface area (Å²) >= 11 is 0. The van der Waals surface area contributed by atoms with Crippen LogP contribution in [-0.4, -0.2) is 43.6 Å². The van der Waals surface area contributed by atoms with E-state index in [9.17, 15) is 4.79 Å². The van der Waals surface area contributed by atoms with Gasteiger partial charge in [0.1, 0.15) is 5.75 Å². The smallest absolute Gasteiger partial charge is 0.227 e. The van der Waals surface area contributed by atoms with Gasteiger partial charge in [0.15, 0.2) is 0 Å². The number of carbonyl (C=O) groups is 1. The van der Waals surface area contributed by atoms with Crippen LogP contribution in [0.3, 0.4) is 0 Å². The molecule has 0 saturated carbocycles. The first kappa shape index (κ1) is 15.8. The number of nitrogens with zero attached hydrogens (tertiary/aromatic N) is 1. The van der Waals surface area contributed by atoms with Gasteiger partial charge in [-0.15, -0.1) is 0 Å². The van der Waals surface area contributed by atoms with Crippen molar-refractivity contribution in [3.8, 4) is 5.75 Å². The van der Waals surface area contributed by atoms with Crippen molar-refractivity contribution in [1.29, 1.82) is 0 Å². The average Bonchev–Trinajstić information content (AvgIpc) is 2.92. The first-order valence-corrected chi connectivity index (χ1v) is 7.66. The molecule has 0 radical (unpaired) electrons. The van der Waals surface area contributed by atoms with Crippen LogP contribution in [0.4, 0.5) is 0 Å². The molecule has 1 amide bonds. The fourth-order valence-corrected chi connectivity index (χ4v) is 3.00. The molecule has 3 atom stereocenters. The summed E-state index contributed by atoms with van der Waals surface area (Å²) in [7, 11) is 3.59. The van der Waals surface area contributed by atoms with Gasteiger partial charge in [-0.25, -0.2) is 0 Å². The predicted octanol–water partition coefficient (Wildman–Crippen LogP) is 2.08. The molecule has 1 aliphatic heterocycles. The summed E-state index contributed by atoms with van der Waals surface area (Å²) in [6, 6.07) is 8.43. The van der Waals surface area contributed by atoms with Gasteiger partial charge >= 0.3 is 0 Å². The first-order chi connectivity index (χ1) is 10.0. The normalized spacial score (nSPS) is 22.9. The number of nitrogens with one attached hydrogen (secondary N) is 1. The summed E-state index contributed by atoms with van der Waals surface area (Å²) in [6.07, 6.45) is 1.74. The highest BCUT2D eigenvalue weighted by atomic mass is 16.5. The first-order valence-electron chi connectivity index (χ1n) is 7.66. The fourth-order valence-electron chi connectivity index (χ4n) is 3.00. The van der Waals surface area contributed by atoms with Crippen LogP contribution in [0.1, 0.15) is 25.8 Å². The van der Waals surface area contributed by atoms with Crippen molar-refractivity contribution >= 4 is 5.91 Å². The van der Waals surface area contributed by atoms with Crippen molar-refractivity contribution in [3.05, 3.63) is 29.8 Å². The molecule has 0 aliphatic carbocycles. The molecule has 1 aromatic rings. The van der Waals surface area contributed by atoms with Crippen LogP contribution < -0.4 is 10.1 Å². The molecule has 1 aromatic carbocycles. The maximum atomic E-state index is 12.6. The molecule has 4 nitrogen and oxygen atoms in total. The summed E-state index contributed by atoms with van der Waals surface area (Å²) in [5.74, 6) is 1.24. The Hall–Kier alpha value is -1.55. The molecule has 0 spiro atoms. The van der Waals surface area contributed by atoms with Crippen LogP contribution in [0.25, 0.3) is 0 Å². The summed E-state index contributed by atoms with van der Waals surface area (Å²) in [6.45, 7) is 5.12. The van der Waals surface area contributed by atoms with Gasteiger partial charge in [0.25, 0.3) is 0 Å². The number of ether oxygens (including phenoxy) is 1. The lowest BCUT2D eigenvalue weighted by molar-refractivity contribution is -0.136. The molecule has 1 saturated heterocycles. The molecule has 1 heterocycles. The van der Waals surface area contributed by atoms with Crippen LogP contribution in [0, 0.1) is 5.92 Å². The van der Waals surface area contributed by atoms with Crippen LogP contribution in [-0.2, 0) is 11.2 Å². The van der Waals surface area contributed by atoms with Crippen molar-refractivity contribution in [1.82, 2.24) is 10.2 Å². The Morgan fingerprint density at radius 2 is 2.19 bits per heavy atom. The molecule has 4 heteroatoms. The SMILES string of the molecule is COc1ccccc1CC(C)N(C)C(=O)C1CCNC1C. The number of hydrogen-bond acceptors (Lipinski definition) is 3. The van der Waals surface area contributed by atoms with Crippen LogP contribution >= 0.6 is 0 Å². The molecule has 1 fully saturated rings. The lowest BCUT2D eigenvalue weighted by Gasteiger charge is -2.29. The van der Waals surface area contributed by atoms with E-state index in [2.05, 4.69) is 25.2 Å². The Balaban J connectivity index is 2.02. The largest absolute Gasteiger partial charge is 0.496 e. The molecular weight excluding hydrogens is 264 g/mol. The monoisotopic (exact) mass is 290 g/mol. The molecule has 2 rings (SSSR count). The lowest BCUT2D eigenvalue weighted by atomic mass is 9.98. The summed E-state index contributed by atoms with van der Waals surface area (Å²) in [5.41, 5.74) is 1.14. The van der Waals surface area contributed by atoms with E-state index in [0.29, 0.717) is 0 Å². The topological polar surface area (TPSA) is 41.6 Å². The Bertz CT molecular complexity index is 489. The van der Waals surface area contributed by atoms with Gasteiger partial charge in [-0.2, -0.15) is 0 Å². The summed E-state index contributed by atoms with van der Waals surface area (Å²) in [4.78, 5) is 14.5. The van der Waals surface area contributed by atoms with Crippen LogP contribution in [0.2, 0.25) is 0 Å². The number of hydrogen-bond donors (Lipinski definition) is 1. The highest BCUT2D eigenvalue weighted by Crippen LogP contribution is 2.23. The van der Waals surface area contributed by atoms with E-state index in [0.717, 1.165) is 30.7 Å². The Kier molecular flexibility index (Phi) is 5.23. The molecule has 1 aliphatic rings. The number of para-hydroxylation sites is 1. The van der Waals surface area contributed by atoms with Crippen LogP contribution in [0.15, 0.2) is 24.3 Å². The summed E-state index contributed by atoms with van der Waals surface area (Å²) in [5, 5.41) is 3.34. The van der Waals surface area contributed by atoms with Crippen molar-refractivity contribution in [2.75, 3.05) is 20.7 Å². The van der Waals surface area contributed by atoms with Crippen LogP contribution in [0.5, 0.6) is 5.75 Å². The van der Waals surface area contributed by atoms with Gasteiger partial charge < -0.3 is 15.0 Å². The second-order valence-corrected chi connectivity index (χ2v) is 5.95. The number of amides is 1. The van der Waals surface area contributed by atoms with Crippen molar-refractivity contribution in [2.45, 2.75) is 38.8 Å². The standard InChI is InChI=1S/C17H26N2O2/c1-12(11-14-7-5-6-8-16(14)21-4)19(3)17(20)15-9-10-18-13(15)2/h5-8,12-13,15,18H,9-11H2,1-4H3. The molecule has 1 N–H and O–H groups in total. The number of methoxy groups -OCH3 is 1. The third-order valence-electron chi connectivity index (χ3n) is 4.56. The Morgan fingerprint density at radius 3 is 2.81 bits per heavy atom. The second kappa shape index (κ2) is 6.94. The molecule has 0 aromatic heterocycles. The third kappa shape index (κ3) is 3.56. The predicted molar refractivity (Wildman–Crippen MR) is 84.5 cm³/mol. The minimum Gasteiger partial charge on any atom is -0.496 e. The molecule has 116 valence electrons.